The minimum Gasteiger partial charge on any atom is -0.370 e. The molecule has 0 aliphatic heterocycles. The highest BCUT2D eigenvalue weighted by Gasteiger charge is 2.20. The Kier molecular flexibility index (Phi) is 7.12. The fraction of sp³-hybridized carbons (Fsp3) is 0.375. The van der Waals surface area contributed by atoms with Gasteiger partial charge in [0.1, 0.15) is 0 Å². The van der Waals surface area contributed by atoms with Gasteiger partial charge in [0.2, 0.25) is 0 Å². The minimum absolute atomic E-state index is 0.184. The van der Waals surface area contributed by atoms with Crippen molar-refractivity contribution in [3.63, 3.8) is 0 Å². The molecular weight excluding hydrogens is 330 g/mol. The Hall–Kier alpha value is -2.19. The maximum Gasteiger partial charge on any atom is 0.276 e. The number of guanidine groups is 1. The molecule has 0 radical (unpaired) electrons. The van der Waals surface area contributed by atoms with E-state index in [4.69, 9.17) is 16.0 Å². The molecule has 0 bridgehead atoms. The predicted molar refractivity (Wildman–Crippen MR) is 94.8 cm³/mol. The number of hydrogen-bond donors (Lipinski definition) is 3. The van der Waals surface area contributed by atoms with E-state index in [0.29, 0.717) is 17.7 Å². The molecule has 0 saturated carbocycles. The highest BCUT2D eigenvalue weighted by atomic mass is 32.2. The number of nitrogens with zero attached hydrogens (tertiary/aromatic N) is 1. The molecule has 1 unspecified atom stereocenters. The van der Waals surface area contributed by atoms with E-state index in [2.05, 4.69) is 18.0 Å². The van der Waals surface area contributed by atoms with Crippen LogP contribution in [0.2, 0.25) is 0 Å². The maximum atomic E-state index is 12.0. The standard InChI is InChI=1S/C15H19N3O.CH4O3S/c1-2-10-7-11-5-3-4-6-12(11)9-13(8-10)14(19)18-15(16)17;1-5(2,3)4/h3-6,9-10H,2,7-8H2,1H3,(H4,16,17,18,19);1H3,(H,2,3,4). The third kappa shape index (κ3) is 7.38. The highest BCUT2D eigenvalue weighted by molar-refractivity contribution is 7.85. The molecule has 0 fully saturated rings. The number of carbonyl (C=O) groups excluding carboxylic acids is 1. The van der Waals surface area contributed by atoms with Crippen LogP contribution in [0.1, 0.15) is 30.9 Å². The van der Waals surface area contributed by atoms with Crippen LogP contribution >= 0.6 is 0 Å². The van der Waals surface area contributed by atoms with Gasteiger partial charge in [-0.2, -0.15) is 13.4 Å². The number of carbonyl (C=O) groups is 1. The molecule has 0 aromatic heterocycles. The molecule has 0 heterocycles. The first kappa shape index (κ1) is 19.9. The molecule has 0 saturated heterocycles. The van der Waals surface area contributed by atoms with E-state index < -0.39 is 10.1 Å². The predicted octanol–water partition coefficient (Wildman–Crippen LogP) is 1.35. The maximum absolute atomic E-state index is 12.0. The number of amides is 1. The summed E-state index contributed by atoms with van der Waals surface area (Å²) >= 11 is 0. The fourth-order valence-corrected chi connectivity index (χ4v) is 2.43. The van der Waals surface area contributed by atoms with Gasteiger partial charge in [-0.3, -0.25) is 9.35 Å². The lowest BCUT2D eigenvalue weighted by atomic mass is 9.92. The summed E-state index contributed by atoms with van der Waals surface area (Å²) in [7, 11) is -3.67. The van der Waals surface area contributed by atoms with Crippen LogP contribution in [0.25, 0.3) is 6.08 Å². The van der Waals surface area contributed by atoms with Gasteiger partial charge in [0.15, 0.2) is 5.96 Å². The zero-order chi connectivity index (χ0) is 18.3. The Morgan fingerprint density at radius 1 is 1.29 bits per heavy atom. The summed E-state index contributed by atoms with van der Waals surface area (Å²) < 4.78 is 25.9. The van der Waals surface area contributed by atoms with E-state index >= 15 is 0 Å². The van der Waals surface area contributed by atoms with Crippen molar-refractivity contribution < 1.29 is 17.8 Å². The number of fused-ring (bicyclic) bond motifs is 1. The molecule has 132 valence electrons. The van der Waals surface area contributed by atoms with Crippen molar-refractivity contribution in [2.75, 3.05) is 6.26 Å². The summed E-state index contributed by atoms with van der Waals surface area (Å²) in [5, 5.41) is 0. The monoisotopic (exact) mass is 353 g/mol. The largest absolute Gasteiger partial charge is 0.370 e. The first-order valence-corrected chi connectivity index (χ1v) is 9.29. The van der Waals surface area contributed by atoms with E-state index in [1.165, 1.54) is 5.56 Å². The Morgan fingerprint density at radius 3 is 2.42 bits per heavy atom. The SMILES string of the molecule is CCC1CC(C(=O)N=C(N)N)=Cc2ccccc2C1.CS(=O)(=O)O. The molecule has 1 amide bonds. The van der Waals surface area contributed by atoms with Crippen molar-refractivity contribution >= 4 is 28.1 Å². The second kappa shape index (κ2) is 8.60. The summed E-state index contributed by atoms with van der Waals surface area (Å²) in [6.07, 6.45) is 5.37. The summed E-state index contributed by atoms with van der Waals surface area (Å²) in [6, 6.07) is 8.14. The third-order valence-corrected chi connectivity index (χ3v) is 3.48. The van der Waals surface area contributed by atoms with E-state index in [1.807, 2.05) is 24.3 Å². The minimum atomic E-state index is -3.67. The Morgan fingerprint density at radius 2 is 1.88 bits per heavy atom. The first-order chi connectivity index (χ1) is 11.1. The quantitative estimate of drug-likeness (QED) is 0.417. The molecule has 2 rings (SSSR count). The summed E-state index contributed by atoms with van der Waals surface area (Å²) in [5.41, 5.74) is 13.6. The topological polar surface area (TPSA) is 136 Å². The van der Waals surface area contributed by atoms with Gasteiger partial charge >= 0.3 is 0 Å². The van der Waals surface area contributed by atoms with Gasteiger partial charge < -0.3 is 11.5 Å². The van der Waals surface area contributed by atoms with Gasteiger partial charge in [-0.1, -0.05) is 37.6 Å². The molecule has 8 heteroatoms. The zero-order valence-electron chi connectivity index (χ0n) is 13.8. The van der Waals surface area contributed by atoms with Crippen LogP contribution in [0.3, 0.4) is 0 Å². The molecule has 1 atom stereocenters. The van der Waals surface area contributed by atoms with Crippen molar-refractivity contribution in [2.45, 2.75) is 26.2 Å². The average molecular weight is 353 g/mol. The normalized spacial score (nSPS) is 16.6. The van der Waals surface area contributed by atoms with E-state index in [1.54, 1.807) is 0 Å². The van der Waals surface area contributed by atoms with Crippen LogP contribution in [0.4, 0.5) is 0 Å². The summed E-state index contributed by atoms with van der Waals surface area (Å²) in [4.78, 5) is 15.7. The summed E-state index contributed by atoms with van der Waals surface area (Å²) in [5.74, 6) is -0.0558. The van der Waals surface area contributed by atoms with Gasteiger partial charge in [-0.05, 0) is 36.0 Å². The van der Waals surface area contributed by atoms with Crippen LogP contribution in [0.5, 0.6) is 0 Å². The Bertz CT molecular complexity index is 742. The number of nitrogens with two attached hydrogens (primary N) is 2. The van der Waals surface area contributed by atoms with Crippen LogP contribution in [0, 0.1) is 5.92 Å². The molecule has 5 N–H and O–H groups in total. The second-order valence-corrected chi connectivity index (χ2v) is 7.09. The van der Waals surface area contributed by atoms with Crippen molar-refractivity contribution in [1.82, 2.24) is 0 Å². The summed E-state index contributed by atoms with van der Waals surface area (Å²) in [6.45, 7) is 2.14. The molecule has 1 aromatic carbocycles. The molecular formula is C16H23N3O4S. The molecule has 0 spiro atoms. The van der Waals surface area contributed by atoms with E-state index in [-0.39, 0.29) is 11.9 Å². The Labute approximate surface area is 142 Å². The highest BCUT2D eigenvalue weighted by Crippen LogP contribution is 2.29. The molecule has 1 aliphatic rings. The van der Waals surface area contributed by atoms with Crippen LogP contribution in [-0.2, 0) is 21.3 Å². The number of aliphatic imine (C=N–C) groups is 1. The number of hydrogen-bond acceptors (Lipinski definition) is 3. The van der Waals surface area contributed by atoms with E-state index in [0.717, 1.165) is 24.8 Å². The number of rotatable bonds is 2. The van der Waals surface area contributed by atoms with Crippen LogP contribution < -0.4 is 11.5 Å². The molecule has 24 heavy (non-hydrogen) atoms. The van der Waals surface area contributed by atoms with Gasteiger partial charge in [-0.25, -0.2) is 0 Å². The van der Waals surface area contributed by atoms with Crippen molar-refractivity contribution in [1.29, 1.82) is 0 Å². The van der Waals surface area contributed by atoms with Crippen molar-refractivity contribution in [2.24, 2.45) is 22.4 Å². The lowest BCUT2D eigenvalue weighted by Crippen LogP contribution is -2.24. The van der Waals surface area contributed by atoms with Gasteiger partial charge in [0, 0.05) is 5.57 Å². The van der Waals surface area contributed by atoms with Crippen LogP contribution in [-0.4, -0.2) is 31.1 Å². The molecule has 7 nitrogen and oxygen atoms in total. The lowest BCUT2D eigenvalue weighted by Gasteiger charge is -2.13. The van der Waals surface area contributed by atoms with Gasteiger partial charge in [-0.15, -0.1) is 0 Å². The Balaban J connectivity index is 0.000000505. The fourth-order valence-electron chi connectivity index (χ4n) is 2.43. The van der Waals surface area contributed by atoms with Gasteiger partial charge in [0.05, 0.1) is 6.26 Å². The molecule has 1 aliphatic carbocycles. The second-order valence-electron chi connectivity index (χ2n) is 5.63. The van der Waals surface area contributed by atoms with Crippen LogP contribution in [0.15, 0.2) is 34.8 Å². The van der Waals surface area contributed by atoms with Gasteiger partial charge in [0.25, 0.3) is 16.0 Å². The zero-order valence-corrected chi connectivity index (χ0v) is 14.6. The first-order valence-electron chi connectivity index (χ1n) is 7.45. The van der Waals surface area contributed by atoms with Crippen molar-refractivity contribution in [3.05, 3.63) is 41.0 Å². The average Bonchev–Trinajstić information content (AvgIpc) is 2.63. The molecule has 1 aromatic rings. The third-order valence-electron chi connectivity index (χ3n) is 3.48. The lowest BCUT2D eigenvalue weighted by molar-refractivity contribution is -0.114. The smallest absolute Gasteiger partial charge is 0.276 e. The number of benzene rings is 1. The van der Waals surface area contributed by atoms with E-state index in [9.17, 15) is 13.2 Å². The van der Waals surface area contributed by atoms with Crippen molar-refractivity contribution in [3.8, 4) is 0 Å².